The van der Waals surface area contributed by atoms with Crippen molar-refractivity contribution in [1.29, 1.82) is 0 Å². The van der Waals surface area contributed by atoms with Crippen LogP contribution in [0, 0.1) is 0 Å². The zero-order valence-corrected chi connectivity index (χ0v) is 7.90. The Morgan fingerprint density at radius 1 is 1.36 bits per heavy atom. The first-order valence-electron chi connectivity index (χ1n) is 4.65. The maximum atomic E-state index is 5.80. The van der Waals surface area contributed by atoms with Crippen molar-refractivity contribution < 1.29 is 0 Å². The number of nitrogens with two attached hydrogens (primary N) is 1. The van der Waals surface area contributed by atoms with Gasteiger partial charge in [0.2, 0.25) is 0 Å². The van der Waals surface area contributed by atoms with E-state index in [1.165, 1.54) is 24.8 Å². The number of unbranched alkanes of at least 4 members (excludes halogenated alkanes) is 2. The molecule has 0 saturated heterocycles. The van der Waals surface area contributed by atoms with Gasteiger partial charge in [0.15, 0.2) is 0 Å². The van der Waals surface area contributed by atoms with Gasteiger partial charge in [-0.2, -0.15) is 0 Å². The van der Waals surface area contributed by atoms with E-state index in [2.05, 4.69) is 20.4 Å². The highest BCUT2D eigenvalue weighted by Crippen LogP contribution is 2.11. The fourth-order valence-corrected chi connectivity index (χ4v) is 1.08. The van der Waals surface area contributed by atoms with E-state index < -0.39 is 0 Å². The van der Waals surface area contributed by atoms with E-state index in [0.717, 1.165) is 12.8 Å². The van der Waals surface area contributed by atoms with Gasteiger partial charge in [0.25, 0.3) is 0 Å². The second-order valence-electron chi connectivity index (χ2n) is 3.13. The molecule has 0 aliphatic rings. The molecule has 2 N–H and O–H groups in total. The van der Waals surface area contributed by atoms with E-state index in [1.54, 1.807) is 0 Å². The molecule has 0 aromatic rings. The minimum absolute atomic E-state index is 0.229. The Morgan fingerprint density at radius 2 is 2.00 bits per heavy atom. The molecule has 1 atom stereocenters. The van der Waals surface area contributed by atoms with Gasteiger partial charge in [0.1, 0.15) is 0 Å². The molecular weight excluding hydrogens is 134 g/mol. The molecule has 0 aliphatic heterocycles. The molecule has 0 bridgehead atoms. The van der Waals surface area contributed by atoms with Crippen molar-refractivity contribution in [3.05, 3.63) is 12.2 Å². The summed E-state index contributed by atoms with van der Waals surface area (Å²) in [7, 11) is 0. The molecule has 0 aromatic heterocycles. The first-order valence-corrected chi connectivity index (χ1v) is 4.65. The van der Waals surface area contributed by atoms with E-state index in [0.29, 0.717) is 0 Å². The highest BCUT2D eigenvalue weighted by molar-refractivity contribution is 5.03. The van der Waals surface area contributed by atoms with Crippen LogP contribution in [0.3, 0.4) is 0 Å². The Hall–Kier alpha value is -0.300. The Balaban J connectivity index is 3.36. The second kappa shape index (κ2) is 6.41. The summed E-state index contributed by atoms with van der Waals surface area (Å²) in [5.74, 6) is 0. The molecule has 0 unspecified atom stereocenters. The maximum absolute atomic E-state index is 5.80. The van der Waals surface area contributed by atoms with E-state index in [9.17, 15) is 0 Å². The largest absolute Gasteiger partial charge is 0.324 e. The van der Waals surface area contributed by atoms with Gasteiger partial charge in [-0.05, 0) is 19.3 Å². The van der Waals surface area contributed by atoms with Crippen LogP contribution in [0.1, 0.15) is 46.0 Å². The lowest BCUT2D eigenvalue weighted by Crippen LogP contribution is -2.20. The van der Waals surface area contributed by atoms with Crippen molar-refractivity contribution in [2.75, 3.05) is 0 Å². The minimum Gasteiger partial charge on any atom is -0.324 e. The van der Waals surface area contributed by atoms with E-state index in [4.69, 9.17) is 5.73 Å². The van der Waals surface area contributed by atoms with Crippen LogP contribution in [-0.2, 0) is 0 Å². The summed E-state index contributed by atoms with van der Waals surface area (Å²) in [6, 6.07) is 0.229. The molecule has 0 radical (unpaired) electrons. The van der Waals surface area contributed by atoms with Gasteiger partial charge in [-0.1, -0.05) is 38.8 Å². The third kappa shape index (κ3) is 5.02. The van der Waals surface area contributed by atoms with Crippen LogP contribution < -0.4 is 5.73 Å². The Bertz CT molecular complexity index is 107. The third-order valence-corrected chi connectivity index (χ3v) is 2.07. The summed E-state index contributed by atoms with van der Waals surface area (Å²) < 4.78 is 0. The molecule has 0 saturated carbocycles. The van der Waals surface area contributed by atoms with Gasteiger partial charge >= 0.3 is 0 Å². The lowest BCUT2D eigenvalue weighted by atomic mass is 10.0. The van der Waals surface area contributed by atoms with E-state index in [1.807, 2.05) is 0 Å². The number of hydrogen-bond donors (Lipinski definition) is 1. The van der Waals surface area contributed by atoms with Crippen molar-refractivity contribution in [2.45, 2.75) is 52.0 Å². The molecule has 0 heterocycles. The zero-order valence-electron chi connectivity index (χ0n) is 7.90. The van der Waals surface area contributed by atoms with Crippen LogP contribution in [0.25, 0.3) is 0 Å². The van der Waals surface area contributed by atoms with Gasteiger partial charge < -0.3 is 5.73 Å². The smallest absolute Gasteiger partial charge is 0.0248 e. The van der Waals surface area contributed by atoms with Crippen molar-refractivity contribution in [3.63, 3.8) is 0 Å². The lowest BCUT2D eigenvalue weighted by Gasteiger charge is -2.11. The summed E-state index contributed by atoms with van der Waals surface area (Å²) >= 11 is 0. The fraction of sp³-hybridized carbons (Fsp3) is 0.800. The molecule has 1 nitrogen and oxygen atoms in total. The predicted octanol–water partition coefficient (Wildman–Crippen LogP) is 2.86. The SMILES string of the molecule is C=C(CCCCC)[C@@H](N)CC. The van der Waals surface area contributed by atoms with Crippen molar-refractivity contribution in [3.8, 4) is 0 Å². The summed E-state index contributed by atoms with van der Waals surface area (Å²) in [6.45, 7) is 8.29. The highest BCUT2D eigenvalue weighted by atomic mass is 14.6. The van der Waals surface area contributed by atoms with Gasteiger partial charge in [-0.3, -0.25) is 0 Å². The molecular formula is C10H21N. The molecule has 0 rings (SSSR count). The lowest BCUT2D eigenvalue weighted by molar-refractivity contribution is 0.650. The van der Waals surface area contributed by atoms with Crippen molar-refractivity contribution >= 4 is 0 Å². The van der Waals surface area contributed by atoms with Crippen LogP contribution in [0.2, 0.25) is 0 Å². The van der Waals surface area contributed by atoms with Gasteiger partial charge in [-0.15, -0.1) is 0 Å². The topological polar surface area (TPSA) is 26.0 Å². The fourth-order valence-electron chi connectivity index (χ4n) is 1.08. The summed E-state index contributed by atoms with van der Waals surface area (Å²) in [6.07, 6.45) is 5.96. The maximum Gasteiger partial charge on any atom is 0.0248 e. The molecule has 1 heteroatoms. The quantitative estimate of drug-likeness (QED) is 0.463. The summed E-state index contributed by atoms with van der Waals surface area (Å²) in [5, 5.41) is 0. The summed E-state index contributed by atoms with van der Waals surface area (Å²) in [4.78, 5) is 0. The molecule has 0 fully saturated rings. The first-order chi connectivity index (χ1) is 5.22. The van der Waals surface area contributed by atoms with Gasteiger partial charge in [0, 0.05) is 6.04 Å². The predicted molar refractivity (Wildman–Crippen MR) is 51.5 cm³/mol. The van der Waals surface area contributed by atoms with Crippen LogP contribution >= 0.6 is 0 Å². The third-order valence-electron chi connectivity index (χ3n) is 2.07. The molecule has 0 aromatic carbocycles. The van der Waals surface area contributed by atoms with Crippen LogP contribution in [-0.4, -0.2) is 6.04 Å². The van der Waals surface area contributed by atoms with E-state index in [-0.39, 0.29) is 6.04 Å². The standard InChI is InChI=1S/C10H21N/c1-4-6-7-8-9(3)10(11)5-2/h10H,3-8,11H2,1-2H3/t10-/m0/s1. The molecule has 0 aliphatic carbocycles. The Morgan fingerprint density at radius 3 is 2.45 bits per heavy atom. The number of rotatable bonds is 6. The van der Waals surface area contributed by atoms with Crippen LogP contribution in [0.15, 0.2) is 12.2 Å². The van der Waals surface area contributed by atoms with Crippen molar-refractivity contribution in [2.24, 2.45) is 5.73 Å². The normalized spacial score (nSPS) is 13.0. The highest BCUT2D eigenvalue weighted by Gasteiger charge is 2.02. The Labute approximate surface area is 70.7 Å². The monoisotopic (exact) mass is 155 g/mol. The average Bonchev–Trinajstić information content (AvgIpc) is 2.03. The van der Waals surface area contributed by atoms with Gasteiger partial charge in [-0.25, -0.2) is 0 Å². The summed E-state index contributed by atoms with van der Waals surface area (Å²) in [5.41, 5.74) is 7.02. The molecule has 11 heavy (non-hydrogen) atoms. The van der Waals surface area contributed by atoms with Crippen LogP contribution in [0.4, 0.5) is 0 Å². The van der Waals surface area contributed by atoms with Crippen molar-refractivity contribution in [1.82, 2.24) is 0 Å². The Kier molecular flexibility index (Phi) is 6.24. The zero-order chi connectivity index (χ0) is 8.69. The van der Waals surface area contributed by atoms with Gasteiger partial charge in [0.05, 0.1) is 0 Å². The number of hydrogen-bond acceptors (Lipinski definition) is 1. The van der Waals surface area contributed by atoms with Crippen LogP contribution in [0.5, 0.6) is 0 Å². The first kappa shape index (κ1) is 10.7. The second-order valence-corrected chi connectivity index (χ2v) is 3.13. The molecule has 0 spiro atoms. The average molecular weight is 155 g/mol. The molecule has 66 valence electrons. The van der Waals surface area contributed by atoms with E-state index >= 15 is 0 Å². The minimum atomic E-state index is 0.229. The molecule has 0 amide bonds.